The minimum absolute atomic E-state index is 0.0876. The number of hydrogen-bond donors (Lipinski definition) is 0. The van der Waals surface area contributed by atoms with E-state index < -0.39 is 0 Å². The largest absolute Gasteiger partial charge is 0.122 e. The number of hydrogen-bond acceptors (Lipinski definition) is 0. The number of rotatable bonds is 9. The highest BCUT2D eigenvalue weighted by atomic mass is 35.5. The smallest absolute Gasteiger partial charge is 0.117 e. The lowest BCUT2D eigenvalue weighted by Gasteiger charge is -2.08. The SMILES string of the molecule is CCCCCCCCCC(Cl)C(Cl)=C(Cl)Cl. The zero-order valence-electron chi connectivity index (χ0n) is 9.75. The predicted molar refractivity (Wildman–Crippen MR) is 76.8 cm³/mol. The first-order valence-electron chi connectivity index (χ1n) is 5.94. The predicted octanol–water partition coefficient (Wildman–Crippen LogP) is 6.62. The summed E-state index contributed by atoms with van der Waals surface area (Å²) in [4.78, 5) is 0. The Hall–Kier alpha value is 0.900. The molecule has 0 aliphatic heterocycles. The molecule has 0 saturated carbocycles. The molecular weight excluding hydrogens is 286 g/mol. The Bertz CT molecular complexity index is 197. The van der Waals surface area contributed by atoms with Crippen LogP contribution in [-0.2, 0) is 0 Å². The maximum absolute atomic E-state index is 6.03. The van der Waals surface area contributed by atoms with Crippen LogP contribution in [0.3, 0.4) is 0 Å². The van der Waals surface area contributed by atoms with Crippen molar-refractivity contribution in [2.45, 2.75) is 63.7 Å². The van der Waals surface area contributed by atoms with Crippen LogP contribution in [0.1, 0.15) is 58.3 Å². The molecule has 0 heterocycles. The molecule has 0 saturated heterocycles. The van der Waals surface area contributed by atoms with E-state index in [1.165, 1.54) is 38.5 Å². The van der Waals surface area contributed by atoms with Crippen molar-refractivity contribution < 1.29 is 0 Å². The zero-order chi connectivity index (χ0) is 12.4. The molecule has 0 aromatic heterocycles. The van der Waals surface area contributed by atoms with E-state index in [-0.39, 0.29) is 9.87 Å². The van der Waals surface area contributed by atoms with Gasteiger partial charge in [0.2, 0.25) is 0 Å². The third-order valence-electron chi connectivity index (χ3n) is 2.52. The van der Waals surface area contributed by atoms with Gasteiger partial charge in [0.1, 0.15) is 4.49 Å². The maximum Gasteiger partial charge on any atom is 0.122 e. The monoisotopic (exact) mass is 304 g/mol. The van der Waals surface area contributed by atoms with Gasteiger partial charge in [-0.05, 0) is 6.42 Å². The lowest BCUT2D eigenvalue weighted by Crippen LogP contribution is -1.99. The normalized spacial score (nSPS) is 12.6. The third-order valence-corrected chi connectivity index (χ3v) is 4.12. The van der Waals surface area contributed by atoms with Gasteiger partial charge in [0, 0.05) is 0 Å². The molecule has 0 aliphatic rings. The van der Waals surface area contributed by atoms with Crippen molar-refractivity contribution in [3.8, 4) is 0 Å². The van der Waals surface area contributed by atoms with Crippen molar-refractivity contribution in [2.24, 2.45) is 0 Å². The maximum atomic E-state index is 6.03. The molecule has 0 spiro atoms. The Kier molecular flexibility index (Phi) is 11.6. The molecule has 4 heteroatoms. The van der Waals surface area contributed by atoms with Crippen molar-refractivity contribution in [3.05, 3.63) is 9.52 Å². The molecule has 0 N–H and O–H groups in total. The van der Waals surface area contributed by atoms with Crippen molar-refractivity contribution in [1.82, 2.24) is 0 Å². The number of halogens is 4. The van der Waals surface area contributed by atoms with E-state index in [0.29, 0.717) is 5.03 Å². The molecule has 0 aromatic carbocycles. The van der Waals surface area contributed by atoms with E-state index in [2.05, 4.69) is 6.92 Å². The first kappa shape index (κ1) is 16.9. The summed E-state index contributed by atoms with van der Waals surface area (Å²) >= 11 is 23.0. The van der Waals surface area contributed by atoms with E-state index in [4.69, 9.17) is 46.4 Å². The standard InChI is InChI=1S/C12H20Cl4/c1-2-3-4-5-6-7-8-9-10(13)11(14)12(15)16/h10H,2-9H2,1H3. The van der Waals surface area contributed by atoms with Gasteiger partial charge in [0.05, 0.1) is 10.4 Å². The minimum atomic E-state index is -0.234. The zero-order valence-corrected chi connectivity index (χ0v) is 12.8. The van der Waals surface area contributed by atoms with Gasteiger partial charge in [-0.3, -0.25) is 0 Å². The first-order valence-corrected chi connectivity index (χ1v) is 7.51. The topological polar surface area (TPSA) is 0 Å². The van der Waals surface area contributed by atoms with E-state index in [1.807, 2.05) is 0 Å². The average molecular weight is 306 g/mol. The van der Waals surface area contributed by atoms with Gasteiger partial charge in [-0.1, -0.05) is 86.7 Å². The van der Waals surface area contributed by atoms with Gasteiger partial charge < -0.3 is 0 Å². The summed E-state index contributed by atoms with van der Waals surface area (Å²) in [6.45, 7) is 2.22. The van der Waals surface area contributed by atoms with Crippen LogP contribution in [0.25, 0.3) is 0 Å². The van der Waals surface area contributed by atoms with Gasteiger partial charge in [0.25, 0.3) is 0 Å². The van der Waals surface area contributed by atoms with E-state index in [0.717, 1.165) is 12.8 Å². The molecule has 0 fully saturated rings. The lowest BCUT2D eigenvalue weighted by atomic mass is 10.1. The summed E-state index contributed by atoms with van der Waals surface area (Å²) < 4.78 is 0.0876. The second kappa shape index (κ2) is 11.0. The van der Waals surface area contributed by atoms with Crippen molar-refractivity contribution >= 4 is 46.4 Å². The molecule has 0 aliphatic carbocycles. The Labute approximate surface area is 119 Å². The molecule has 0 amide bonds. The molecule has 1 atom stereocenters. The van der Waals surface area contributed by atoms with Crippen LogP contribution in [0.4, 0.5) is 0 Å². The molecule has 0 bridgehead atoms. The molecule has 96 valence electrons. The number of unbranched alkanes of at least 4 members (excludes halogenated alkanes) is 6. The van der Waals surface area contributed by atoms with Gasteiger partial charge in [-0.25, -0.2) is 0 Å². The minimum Gasteiger partial charge on any atom is -0.117 e. The molecule has 0 rings (SSSR count). The third kappa shape index (κ3) is 8.98. The quantitative estimate of drug-likeness (QED) is 0.332. The number of allylic oxidation sites excluding steroid dienone is 1. The van der Waals surface area contributed by atoms with Crippen LogP contribution < -0.4 is 0 Å². The highest BCUT2D eigenvalue weighted by Gasteiger charge is 2.11. The fraction of sp³-hybridized carbons (Fsp3) is 0.833. The molecule has 0 aromatic rings. The van der Waals surface area contributed by atoms with Gasteiger partial charge in [0.15, 0.2) is 0 Å². The first-order chi connectivity index (χ1) is 7.59. The molecule has 0 nitrogen and oxygen atoms in total. The molecular formula is C12H20Cl4. The summed E-state index contributed by atoms with van der Waals surface area (Å²) in [5.41, 5.74) is 0. The Morgan fingerprint density at radius 3 is 1.88 bits per heavy atom. The molecule has 0 radical (unpaired) electrons. The van der Waals surface area contributed by atoms with Crippen molar-refractivity contribution in [1.29, 1.82) is 0 Å². The van der Waals surface area contributed by atoms with E-state index >= 15 is 0 Å². The van der Waals surface area contributed by atoms with Crippen LogP contribution >= 0.6 is 46.4 Å². The van der Waals surface area contributed by atoms with Crippen LogP contribution in [0.15, 0.2) is 9.52 Å². The summed E-state index contributed by atoms with van der Waals surface area (Å²) in [5, 5.41) is 0.137. The van der Waals surface area contributed by atoms with Crippen molar-refractivity contribution in [2.75, 3.05) is 0 Å². The Morgan fingerprint density at radius 2 is 1.38 bits per heavy atom. The van der Waals surface area contributed by atoms with Gasteiger partial charge >= 0.3 is 0 Å². The van der Waals surface area contributed by atoms with E-state index in [9.17, 15) is 0 Å². The summed E-state index contributed by atoms with van der Waals surface area (Å²) in [6, 6.07) is 0. The Morgan fingerprint density at radius 1 is 0.875 bits per heavy atom. The summed E-state index contributed by atoms with van der Waals surface area (Å²) in [6.07, 6.45) is 9.70. The summed E-state index contributed by atoms with van der Waals surface area (Å²) in [7, 11) is 0. The average Bonchev–Trinajstić information content (AvgIpc) is 2.26. The van der Waals surface area contributed by atoms with Crippen molar-refractivity contribution in [3.63, 3.8) is 0 Å². The second-order valence-electron chi connectivity index (χ2n) is 3.99. The summed E-state index contributed by atoms with van der Waals surface area (Å²) in [5.74, 6) is 0. The van der Waals surface area contributed by atoms with E-state index in [1.54, 1.807) is 0 Å². The van der Waals surface area contributed by atoms with Crippen LogP contribution in [0.2, 0.25) is 0 Å². The van der Waals surface area contributed by atoms with Gasteiger partial charge in [-0.15, -0.1) is 11.6 Å². The van der Waals surface area contributed by atoms with Crippen LogP contribution in [-0.4, -0.2) is 5.38 Å². The number of alkyl halides is 1. The van der Waals surface area contributed by atoms with Crippen LogP contribution in [0, 0.1) is 0 Å². The highest BCUT2D eigenvalue weighted by Crippen LogP contribution is 2.27. The highest BCUT2D eigenvalue weighted by molar-refractivity contribution is 6.60. The van der Waals surface area contributed by atoms with Gasteiger partial charge in [-0.2, -0.15) is 0 Å². The molecule has 16 heavy (non-hydrogen) atoms. The fourth-order valence-electron chi connectivity index (χ4n) is 1.53. The Balaban J connectivity index is 3.42. The van der Waals surface area contributed by atoms with Crippen LogP contribution in [0.5, 0.6) is 0 Å². The fourth-order valence-corrected chi connectivity index (χ4v) is 2.27. The molecule has 1 unspecified atom stereocenters. The lowest BCUT2D eigenvalue weighted by molar-refractivity contribution is 0.578. The second-order valence-corrected chi connectivity index (χ2v) is 5.87.